The molecular formula is C19H20F2N4O3S. The predicted octanol–water partition coefficient (Wildman–Crippen LogP) is 3.24. The smallest absolute Gasteiger partial charge is 0.426 e. The second kappa shape index (κ2) is 6.35. The number of ether oxygens (including phenoxy) is 1. The maximum absolute atomic E-state index is 14.4. The Morgan fingerprint density at radius 2 is 2.03 bits per heavy atom. The number of halogens is 2. The van der Waals surface area contributed by atoms with Gasteiger partial charge in [-0.05, 0) is 32.4 Å². The van der Waals surface area contributed by atoms with E-state index in [1.165, 1.54) is 17.4 Å². The Hall–Kier alpha value is -2.30. The number of benzene rings is 1. The number of piperazine rings is 1. The van der Waals surface area contributed by atoms with Gasteiger partial charge in [-0.2, -0.15) is 13.8 Å². The van der Waals surface area contributed by atoms with Crippen molar-refractivity contribution in [2.45, 2.75) is 44.1 Å². The molecule has 10 heteroatoms. The van der Waals surface area contributed by atoms with Gasteiger partial charge in [0.05, 0.1) is 5.56 Å². The van der Waals surface area contributed by atoms with E-state index < -0.39 is 11.7 Å². The zero-order valence-electron chi connectivity index (χ0n) is 15.9. The summed E-state index contributed by atoms with van der Waals surface area (Å²) in [6.07, 6.45) is -1.02. The van der Waals surface area contributed by atoms with Crippen LogP contribution in [0.4, 0.5) is 14.8 Å². The van der Waals surface area contributed by atoms with Crippen LogP contribution in [0.15, 0.2) is 28.1 Å². The van der Waals surface area contributed by atoms with Crippen molar-refractivity contribution in [2.75, 3.05) is 18.0 Å². The summed E-state index contributed by atoms with van der Waals surface area (Å²) < 4.78 is 39.7. The van der Waals surface area contributed by atoms with Crippen LogP contribution in [0.3, 0.4) is 0 Å². The van der Waals surface area contributed by atoms with Gasteiger partial charge in [0, 0.05) is 36.8 Å². The number of aromatic nitrogens is 2. The molecule has 3 aromatic rings. The van der Waals surface area contributed by atoms with Gasteiger partial charge in [-0.1, -0.05) is 0 Å². The predicted molar refractivity (Wildman–Crippen MR) is 105 cm³/mol. The number of hydrogen-bond donors (Lipinski definition) is 2. The van der Waals surface area contributed by atoms with Crippen LogP contribution in [-0.2, 0) is 0 Å². The number of nitrogens with zero attached hydrogens (tertiary/aromatic N) is 3. The summed E-state index contributed by atoms with van der Waals surface area (Å²) in [5, 5.41) is 15.7. The number of oxazole rings is 1. The molecular weight excluding hydrogens is 402 g/mol. The summed E-state index contributed by atoms with van der Waals surface area (Å²) in [7, 11) is 0. The Balaban J connectivity index is 1.60. The van der Waals surface area contributed by atoms with Crippen LogP contribution in [0.5, 0.6) is 5.75 Å². The van der Waals surface area contributed by atoms with E-state index in [-0.39, 0.29) is 11.3 Å². The van der Waals surface area contributed by atoms with E-state index in [4.69, 9.17) is 9.15 Å². The molecule has 0 spiro atoms. The molecule has 7 nitrogen and oxygen atoms in total. The van der Waals surface area contributed by atoms with Gasteiger partial charge in [0.25, 0.3) is 6.01 Å². The van der Waals surface area contributed by atoms with Crippen LogP contribution >= 0.6 is 11.3 Å². The van der Waals surface area contributed by atoms with E-state index in [1.807, 2.05) is 10.3 Å². The molecule has 3 fully saturated rings. The molecule has 29 heavy (non-hydrogen) atoms. The standard InChI is InChI=1S/C19H20F2N4O3S/c1-18(2,26)19(20,21)28-13-4-3-12(16-22-5-6-29-16)15-14(13)24-17(27-15)25-8-10-7-11(9-25)23-10/h3-6,10-11,23,26H,7-9H2,1-2H3/t10-,11+. The van der Waals surface area contributed by atoms with E-state index in [2.05, 4.69) is 15.3 Å². The average Bonchev–Trinajstić information content (AvgIpc) is 3.30. The van der Waals surface area contributed by atoms with E-state index in [1.54, 1.807) is 12.3 Å². The summed E-state index contributed by atoms with van der Waals surface area (Å²) in [5.74, 6) is -0.150. The third kappa shape index (κ3) is 3.15. The van der Waals surface area contributed by atoms with Crippen molar-refractivity contribution in [1.82, 2.24) is 15.3 Å². The molecule has 2 atom stereocenters. The lowest BCUT2D eigenvalue weighted by atomic mass is 9.92. The van der Waals surface area contributed by atoms with E-state index >= 15 is 0 Å². The number of rotatable bonds is 5. The number of piperidine rings is 1. The molecule has 0 unspecified atom stereocenters. The third-order valence-corrected chi connectivity index (χ3v) is 6.11. The normalized spacial score (nSPS) is 22.0. The zero-order chi connectivity index (χ0) is 20.4. The van der Waals surface area contributed by atoms with Gasteiger partial charge in [0.2, 0.25) is 0 Å². The number of aliphatic hydroxyl groups is 1. The van der Waals surface area contributed by atoms with Crippen molar-refractivity contribution in [3.63, 3.8) is 0 Å². The molecule has 2 aromatic heterocycles. The largest absolute Gasteiger partial charge is 0.428 e. The first-order valence-electron chi connectivity index (χ1n) is 9.35. The number of hydrogen-bond acceptors (Lipinski definition) is 8. The van der Waals surface area contributed by atoms with Gasteiger partial charge >= 0.3 is 6.11 Å². The van der Waals surface area contributed by atoms with Gasteiger partial charge in [0.1, 0.15) is 5.01 Å². The molecule has 3 aliphatic heterocycles. The molecule has 0 amide bonds. The molecule has 0 aliphatic carbocycles. The van der Waals surface area contributed by atoms with Crippen LogP contribution < -0.4 is 15.0 Å². The molecule has 2 bridgehead atoms. The van der Waals surface area contributed by atoms with E-state index in [0.717, 1.165) is 33.4 Å². The fraction of sp³-hybridized carbons (Fsp3) is 0.474. The van der Waals surface area contributed by atoms with Gasteiger partial charge in [-0.25, -0.2) is 4.98 Å². The molecule has 0 radical (unpaired) electrons. The van der Waals surface area contributed by atoms with Crippen molar-refractivity contribution in [2.24, 2.45) is 0 Å². The van der Waals surface area contributed by atoms with Gasteiger partial charge in [-0.3, -0.25) is 0 Å². The fourth-order valence-electron chi connectivity index (χ4n) is 3.65. The summed E-state index contributed by atoms with van der Waals surface area (Å²) in [6.45, 7) is 3.47. The fourth-order valence-corrected chi connectivity index (χ4v) is 4.31. The van der Waals surface area contributed by atoms with Gasteiger partial charge in [-0.15, -0.1) is 11.3 Å². The Morgan fingerprint density at radius 3 is 2.66 bits per heavy atom. The van der Waals surface area contributed by atoms with Crippen molar-refractivity contribution in [3.05, 3.63) is 23.7 Å². The average molecular weight is 422 g/mol. The number of fused-ring (bicyclic) bond motifs is 3. The SMILES string of the molecule is CC(C)(O)C(F)(F)Oc1ccc(-c2nccs2)c2oc(N3C[C@H]4C[C@@H](C3)N4)nc12. The molecule has 6 rings (SSSR count). The minimum absolute atomic E-state index is 0.150. The van der Waals surface area contributed by atoms with Gasteiger partial charge < -0.3 is 24.5 Å². The van der Waals surface area contributed by atoms with Crippen LogP contribution in [0.2, 0.25) is 0 Å². The molecule has 154 valence electrons. The third-order valence-electron chi connectivity index (χ3n) is 5.30. The maximum Gasteiger partial charge on any atom is 0.426 e. The monoisotopic (exact) mass is 422 g/mol. The maximum atomic E-state index is 14.4. The molecule has 5 heterocycles. The minimum Gasteiger partial charge on any atom is -0.428 e. The Kier molecular flexibility index (Phi) is 4.10. The van der Waals surface area contributed by atoms with Crippen LogP contribution in [-0.4, -0.2) is 52.0 Å². The Labute approximate surface area is 169 Å². The zero-order valence-corrected chi connectivity index (χ0v) is 16.7. The van der Waals surface area contributed by atoms with Crippen molar-refractivity contribution >= 4 is 28.5 Å². The number of nitrogens with one attached hydrogen (secondary N) is 1. The van der Waals surface area contributed by atoms with Crippen molar-refractivity contribution < 1.29 is 23.0 Å². The van der Waals surface area contributed by atoms with Crippen LogP contribution in [0.1, 0.15) is 20.3 Å². The summed E-state index contributed by atoms with van der Waals surface area (Å²) in [6, 6.07) is 4.19. The number of alkyl halides is 2. The van der Waals surface area contributed by atoms with E-state index in [0.29, 0.717) is 34.3 Å². The van der Waals surface area contributed by atoms with Gasteiger partial charge in [0.15, 0.2) is 22.5 Å². The highest BCUT2D eigenvalue weighted by Crippen LogP contribution is 2.41. The van der Waals surface area contributed by atoms with Crippen molar-refractivity contribution in [1.29, 1.82) is 0 Å². The highest BCUT2D eigenvalue weighted by atomic mass is 32.1. The summed E-state index contributed by atoms with van der Waals surface area (Å²) in [4.78, 5) is 10.8. The highest BCUT2D eigenvalue weighted by molar-refractivity contribution is 7.13. The molecule has 1 aromatic carbocycles. The van der Waals surface area contributed by atoms with Crippen molar-refractivity contribution in [3.8, 4) is 16.3 Å². The summed E-state index contributed by atoms with van der Waals surface area (Å²) >= 11 is 1.41. The number of anilines is 1. The number of thiazole rings is 1. The highest BCUT2D eigenvalue weighted by Gasteiger charge is 2.49. The minimum atomic E-state index is -3.81. The molecule has 3 aliphatic rings. The van der Waals surface area contributed by atoms with Crippen LogP contribution in [0, 0.1) is 0 Å². The quantitative estimate of drug-likeness (QED) is 0.653. The van der Waals surface area contributed by atoms with E-state index in [9.17, 15) is 13.9 Å². The Bertz CT molecular complexity index is 1030. The second-order valence-corrected chi connectivity index (χ2v) is 8.90. The lowest BCUT2D eigenvalue weighted by Gasteiger charge is -2.47. The first-order valence-corrected chi connectivity index (χ1v) is 10.2. The lowest BCUT2D eigenvalue weighted by molar-refractivity contribution is -0.275. The second-order valence-electron chi connectivity index (χ2n) is 8.00. The molecule has 0 saturated carbocycles. The Morgan fingerprint density at radius 1 is 1.31 bits per heavy atom. The topological polar surface area (TPSA) is 83.7 Å². The van der Waals surface area contributed by atoms with Crippen LogP contribution in [0.25, 0.3) is 21.7 Å². The molecule has 3 saturated heterocycles. The molecule has 2 N–H and O–H groups in total. The first kappa shape index (κ1) is 18.7. The lowest BCUT2D eigenvalue weighted by Crippen LogP contribution is -2.67. The summed E-state index contributed by atoms with van der Waals surface area (Å²) in [5.41, 5.74) is -1.18. The first-order chi connectivity index (χ1) is 13.7.